The molecule has 1 fully saturated rings. The first-order valence-electron chi connectivity index (χ1n) is 7.30. The van der Waals surface area contributed by atoms with Crippen LogP contribution in [-0.2, 0) is 16.1 Å². The molecule has 1 amide bonds. The number of amides is 1. The van der Waals surface area contributed by atoms with E-state index in [4.69, 9.17) is 16.3 Å². The minimum Gasteiger partial charge on any atom is -0.361 e. The zero-order valence-electron chi connectivity index (χ0n) is 13.4. The zero-order valence-corrected chi connectivity index (χ0v) is 14.1. The maximum Gasteiger partial charge on any atom is 0.254 e. The molecule has 0 saturated carbocycles. The van der Waals surface area contributed by atoms with Gasteiger partial charge in [0.1, 0.15) is 0 Å². The molecule has 1 saturated heterocycles. The molecule has 21 heavy (non-hydrogen) atoms. The summed E-state index contributed by atoms with van der Waals surface area (Å²) in [7, 11) is 0. The quantitative estimate of drug-likeness (QED) is 0.628. The molecule has 0 aromatic heterocycles. The van der Waals surface area contributed by atoms with Gasteiger partial charge in [-0.1, -0.05) is 30.3 Å². The number of likely N-dealkylation sites (tertiary alicyclic amines) is 1. The van der Waals surface area contributed by atoms with Gasteiger partial charge in [0, 0.05) is 5.54 Å². The summed E-state index contributed by atoms with van der Waals surface area (Å²) >= 11 is 6.50. The van der Waals surface area contributed by atoms with Crippen molar-refractivity contribution in [1.29, 1.82) is 0 Å². The second-order valence-electron chi connectivity index (χ2n) is 7.11. The van der Waals surface area contributed by atoms with Crippen molar-refractivity contribution in [3.8, 4) is 0 Å². The predicted molar refractivity (Wildman–Crippen MR) is 85.3 cm³/mol. The van der Waals surface area contributed by atoms with Crippen molar-refractivity contribution in [2.24, 2.45) is 0 Å². The molecule has 0 bridgehead atoms. The van der Waals surface area contributed by atoms with Crippen molar-refractivity contribution in [1.82, 2.24) is 4.90 Å². The zero-order chi connectivity index (χ0) is 15.8. The van der Waals surface area contributed by atoms with E-state index < -0.39 is 11.0 Å². The third-order valence-electron chi connectivity index (χ3n) is 3.74. The summed E-state index contributed by atoms with van der Waals surface area (Å²) in [5.41, 5.74) is 0.811. The monoisotopic (exact) mass is 309 g/mol. The molecule has 1 aliphatic rings. The number of halogens is 1. The highest BCUT2D eigenvalue weighted by atomic mass is 35.5. The third kappa shape index (κ3) is 3.41. The smallest absolute Gasteiger partial charge is 0.254 e. The van der Waals surface area contributed by atoms with Gasteiger partial charge in [0.05, 0.1) is 17.5 Å². The van der Waals surface area contributed by atoms with Crippen LogP contribution in [0.5, 0.6) is 0 Å². The van der Waals surface area contributed by atoms with Crippen LogP contribution in [0.2, 0.25) is 0 Å². The minimum absolute atomic E-state index is 0.0251. The summed E-state index contributed by atoms with van der Waals surface area (Å²) in [6.45, 7) is 10.4. The summed E-state index contributed by atoms with van der Waals surface area (Å²) < 4.78 is 5.87. The van der Waals surface area contributed by atoms with E-state index in [9.17, 15) is 4.79 Å². The Hall–Kier alpha value is -1.06. The topological polar surface area (TPSA) is 29.5 Å². The Bertz CT molecular complexity index is 502. The molecule has 1 heterocycles. The number of rotatable bonds is 4. The van der Waals surface area contributed by atoms with Crippen molar-refractivity contribution >= 4 is 17.5 Å². The molecule has 1 aromatic carbocycles. The highest BCUT2D eigenvalue weighted by molar-refractivity contribution is 6.24. The molecular formula is C17H24ClNO2. The number of carbonyl (C=O) groups is 1. The van der Waals surface area contributed by atoms with Gasteiger partial charge in [0.15, 0.2) is 6.10 Å². The van der Waals surface area contributed by atoms with Crippen molar-refractivity contribution in [2.75, 3.05) is 0 Å². The van der Waals surface area contributed by atoms with Gasteiger partial charge in [0.2, 0.25) is 0 Å². The normalized spacial score (nSPS) is 23.1. The fourth-order valence-corrected chi connectivity index (χ4v) is 3.01. The second-order valence-corrected chi connectivity index (χ2v) is 8.08. The SMILES string of the molecule is CC(C)(Cl)[C@@H]1[C@H](OCc2ccccc2)C(=O)N1C(C)(C)C. The summed E-state index contributed by atoms with van der Waals surface area (Å²) in [6.07, 6.45) is -0.461. The molecule has 1 aliphatic heterocycles. The fourth-order valence-electron chi connectivity index (χ4n) is 2.80. The van der Waals surface area contributed by atoms with Gasteiger partial charge in [-0.25, -0.2) is 0 Å². The Morgan fingerprint density at radius 3 is 2.19 bits per heavy atom. The minimum atomic E-state index is -0.525. The lowest BCUT2D eigenvalue weighted by atomic mass is 9.82. The van der Waals surface area contributed by atoms with E-state index in [1.807, 2.05) is 69.9 Å². The van der Waals surface area contributed by atoms with Gasteiger partial charge in [-0.15, -0.1) is 11.6 Å². The molecule has 1 aromatic rings. The van der Waals surface area contributed by atoms with E-state index >= 15 is 0 Å². The highest BCUT2D eigenvalue weighted by Crippen LogP contribution is 2.40. The number of alkyl halides is 1. The lowest BCUT2D eigenvalue weighted by Gasteiger charge is -2.57. The van der Waals surface area contributed by atoms with Crippen molar-refractivity contribution in [2.45, 2.75) is 63.8 Å². The van der Waals surface area contributed by atoms with Crippen LogP contribution in [0.25, 0.3) is 0 Å². The van der Waals surface area contributed by atoms with Crippen molar-refractivity contribution < 1.29 is 9.53 Å². The van der Waals surface area contributed by atoms with E-state index in [1.54, 1.807) is 0 Å². The molecular weight excluding hydrogens is 286 g/mol. The van der Waals surface area contributed by atoms with Gasteiger partial charge in [0.25, 0.3) is 5.91 Å². The summed E-state index contributed by atoms with van der Waals surface area (Å²) in [5, 5.41) is 0. The Balaban J connectivity index is 2.10. The van der Waals surface area contributed by atoms with Gasteiger partial charge in [-0.05, 0) is 40.2 Å². The first-order chi connectivity index (χ1) is 9.62. The standard InChI is InChI=1S/C17H24ClNO2/c1-16(2,3)19-14(17(4,5)18)13(15(19)20)21-11-12-9-7-6-8-10-12/h6-10,13-14H,11H2,1-5H3/t13-,14-/m0/s1. The number of hydrogen-bond acceptors (Lipinski definition) is 2. The Labute approximate surface area is 132 Å². The van der Waals surface area contributed by atoms with Crippen LogP contribution in [0.15, 0.2) is 30.3 Å². The molecule has 3 nitrogen and oxygen atoms in total. The molecule has 0 unspecified atom stereocenters. The van der Waals surface area contributed by atoms with Crippen molar-refractivity contribution in [3.05, 3.63) is 35.9 Å². The van der Waals surface area contributed by atoms with Gasteiger partial charge in [-0.3, -0.25) is 4.79 Å². The van der Waals surface area contributed by atoms with Crippen molar-refractivity contribution in [3.63, 3.8) is 0 Å². The van der Waals surface area contributed by atoms with Gasteiger partial charge < -0.3 is 9.64 Å². The van der Waals surface area contributed by atoms with Crippen LogP contribution < -0.4 is 0 Å². The number of hydrogen-bond donors (Lipinski definition) is 0. The van der Waals surface area contributed by atoms with E-state index in [2.05, 4.69) is 0 Å². The first kappa shape index (κ1) is 16.3. The van der Waals surface area contributed by atoms with Crippen LogP contribution in [0, 0.1) is 0 Å². The molecule has 4 heteroatoms. The summed E-state index contributed by atoms with van der Waals surface area (Å²) in [6, 6.07) is 9.76. The fraction of sp³-hybridized carbons (Fsp3) is 0.588. The average Bonchev–Trinajstić information content (AvgIpc) is 2.34. The number of β-lactam (4-membered cyclic amide) rings is 1. The van der Waals surface area contributed by atoms with E-state index in [0.29, 0.717) is 6.61 Å². The van der Waals surface area contributed by atoms with E-state index in [0.717, 1.165) is 5.56 Å². The Kier molecular flexibility index (Phi) is 4.36. The summed E-state index contributed by atoms with van der Waals surface area (Å²) in [4.78, 5) is 13.7. The van der Waals surface area contributed by atoms with Gasteiger partial charge in [-0.2, -0.15) is 0 Å². The molecule has 0 aliphatic carbocycles. The first-order valence-corrected chi connectivity index (χ1v) is 7.68. The molecule has 2 atom stereocenters. The van der Waals surface area contributed by atoms with Gasteiger partial charge >= 0.3 is 0 Å². The lowest BCUT2D eigenvalue weighted by Crippen LogP contribution is -2.75. The highest BCUT2D eigenvalue weighted by Gasteiger charge is 2.57. The molecule has 2 rings (SSSR count). The lowest BCUT2D eigenvalue weighted by molar-refractivity contribution is -0.190. The van der Waals surface area contributed by atoms with Crippen LogP contribution >= 0.6 is 11.6 Å². The maximum atomic E-state index is 12.4. The summed E-state index contributed by atoms with van der Waals surface area (Å²) in [5.74, 6) is 0.0251. The van der Waals surface area contributed by atoms with Crippen LogP contribution in [0.4, 0.5) is 0 Å². The molecule has 116 valence electrons. The van der Waals surface area contributed by atoms with Crippen LogP contribution in [0.1, 0.15) is 40.2 Å². The molecule has 0 radical (unpaired) electrons. The van der Waals surface area contributed by atoms with Crippen LogP contribution in [-0.4, -0.2) is 33.4 Å². The number of nitrogens with zero attached hydrogens (tertiary/aromatic N) is 1. The largest absolute Gasteiger partial charge is 0.361 e. The number of benzene rings is 1. The van der Waals surface area contributed by atoms with E-state index in [1.165, 1.54) is 0 Å². The molecule has 0 N–H and O–H groups in total. The maximum absolute atomic E-state index is 12.4. The Morgan fingerprint density at radius 1 is 1.14 bits per heavy atom. The molecule has 0 spiro atoms. The number of carbonyl (C=O) groups excluding carboxylic acids is 1. The third-order valence-corrected chi connectivity index (χ3v) is 3.97. The second kappa shape index (κ2) is 5.62. The Morgan fingerprint density at radius 2 is 1.71 bits per heavy atom. The predicted octanol–water partition coefficient (Wildman–Crippen LogP) is 3.60. The number of ether oxygens (including phenoxy) is 1. The van der Waals surface area contributed by atoms with E-state index in [-0.39, 0.29) is 17.5 Å². The van der Waals surface area contributed by atoms with Crippen LogP contribution in [0.3, 0.4) is 0 Å². The average molecular weight is 310 g/mol.